The van der Waals surface area contributed by atoms with Gasteiger partial charge in [-0.05, 0) is 12.1 Å². The van der Waals surface area contributed by atoms with Crippen LogP contribution in [0.1, 0.15) is 0 Å². The van der Waals surface area contributed by atoms with Gasteiger partial charge in [-0.2, -0.15) is 0 Å². The van der Waals surface area contributed by atoms with Crippen molar-refractivity contribution < 1.29 is 22.8 Å². The van der Waals surface area contributed by atoms with Crippen LogP contribution in [0.3, 0.4) is 0 Å². The minimum atomic E-state index is -4.12. The topological polar surface area (TPSA) is 94.8 Å². The highest BCUT2D eigenvalue weighted by molar-refractivity contribution is 7.93. The van der Waals surface area contributed by atoms with Gasteiger partial charge in [0.1, 0.15) is 5.38 Å². The summed E-state index contributed by atoms with van der Waals surface area (Å²) in [6.07, 6.45) is 0. The molecule has 78 valence electrons. The Kier molecular flexibility index (Phi) is 2.04. The van der Waals surface area contributed by atoms with Gasteiger partial charge in [0.15, 0.2) is 14.1 Å². The zero-order valence-corrected chi connectivity index (χ0v) is 8.86. The highest BCUT2D eigenvalue weighted by Gasteiger charge is 2.35. The second-order valence-electron chi connectivity index (χ2n) is 2.76. The maximum absolute atomic E-state index is 11.9. The summed E-state index contributed by atoms with van der Waals surface area (Å²) < 4.78 is 43.7. The van der Waals surface area contributed by atoms with Crippen molar-refractivity contribution in [1.82, 2.24) is 0 Å². The molecule has 0 fully saturated rings. The van der Waals surface area contributed by atoms with Gasteiger partial charge < -0.3 is 14.4 Å². The molecule has 0 bridgehead atoms. The molecule has 7 heteroatoms. The van der Waals surface area contributed by atoms with Crippen LogP contribution >= 0.6 is 0 Å². The molecule has 0 unspecified atom stereocenters. The molecule has 0 heterocycles. The first-order valence-electron chi connectivity index (χ1n) is 4.93. The van der Waals surface area contributed by atoms with Crippen molar-refractivity contribution in [3.63, 3.8) is 0 Å². The van der Waals surface area contributed by atoms with Crippen LogP contribution in [0.4, 0.5) is 0 Å². The monoisotopic (exact) mass is 240 g/mol. The van der Waals surface area contributed by atoms with Crippen molar-refractivity contribution in [2.24, 2.45) is 0 Å². The minimum Gasteiger partial charge on any atom is -0.389 e. The Morgan fingerprint density at radius 3 is 2.29 bits per heavy atom. The number of rotatable bonds is 6. The summed E-state index contributed by atoms with van der Waals surface area (Å²) in [5, 5.41) is -0.833. The van der Waals surface area contributed by atoms with Gasteiger partial charge in [0.05, 0.1) is 4.90 Å². The Labute approximate surface area is 87.0 Å². The third-order valence-corrected chi connectivity index (χ3v) is 5.39. The molecule has 0 saturated carbocycles. The molecule has 3 N–H and O–H groups in total. The standard InChI is InChI=1S/C7H10O5SSi/c8-13(9,6-14(10,11)12)7-4-2-1-3-5-7/h1-5,10-12H,6H2/i10T,11T,12T. The molecule has 5 nitrogen and oxygen atoms in total. The van der Waals surface area contributed by atoms with Gasteiger partial charge in [-0.15, -0.1) is 0 Å². The van der Waals surface area contributed by atoms with E-state index in [1.54, 1.807) is 6.07 Å². The van der Waals surface area contributed by atoms with Crippen LogP contribution in [0, 0.1) is 0 Å². The van der Waals surface area contributed by atoms with E-state index in [-0.39, 0.29) is 4.90 Å². The summed E-state index contributed by atoms with van der Waals surface area (Å²) in [6.45, 7) is 0. The first-order chi connectivity index (χ1) is 7.99. The third kappa shape index (κ3) is 3.20. The van der Waals surface area contributed by atoms with E-state index in [1.807, 2.05) is 0 Å². The molecular weight excluding hydrogens is 224 g/mol. The van der Waals surface area contributed by atoms with Gasteiger partial charge in [0.2, 0.25) is 0 Å². The molecule has 0 atom stereocenters. The number of sulfone groups is 1. The molecule has 0 spiro atoms. The predicted molar refractivity (Wildman–Crippen MR) is 50.9 cm³/mol. The maximum Gasteiger partial charge on any atom is 0.508 e. The van der Waals surface area contributed by atoms with Crippen LogP contribution in [0.15, 0.2) is 35.2 Å². The lowest BCUT2D eigenvalue weighted by molar-refractivity contribution is 0.236. The van der Waals surface area contributed by atoms with Crippen molar-refractivity contribution in [1.29, 1.82) is 4.29 Å². The first-order valence-corrected chi connectivity index (χ1v) is 7.29. The van der Waals surface area contributed by atoms with Crippen molar-refractivity contribution >= 4 is 18.6 Å². The molecule has 1 aromatic rings. The van der Waals surface area contributed by atoms with E-state index in [4.69, 9.17) is 4.29 Å². The molecule has 0 saturated heterocycles. The molecule has 0 aromatic heterocycles. The van der Waals surface area contributed by atoms with E-state index >= 15 is 0 Å². The number of hydrogen-bond donors (Lipinski definition) is 3. The third-order valence-electron chi connectivity index (χ3n) is 1.47. The summed E-state index contributed by atoms with van der Waals surface area (Å²) in [5.74, 6) is 0. The summed E-state index contributed by atoms with van der Waals surface area (Å²) >= 11 is 0. The molecule has 0 radical (unpaired) electrons. The SMILES string of the molecule is [3H]O[Si](CS(=O)(=O)c1ccccc1)(O[3H])O[3H]. The van der Waals surface area contributed by atoms with Gasteiger partial charge in [0.25, 0.3) is 0 Å². The largest absolute Gasteiger partial charge is 0.508 e. The number of benzene rings is 1. The van der Waals surface area contributed by atoms with E-state index in [2.05, 4.69) is 14.4 Å². The molecule has 14 heavy (non-hydrogen) atoms. The molecule has 1 aromatic carbocycles. The van der Waals surface area contributed by atoms with Crippen molar-refractivity contribution in [3.05, 3.63) is 30.3 Å². The smallest absolute Gasteiger partial charge is 0.389 e. The van der Waals surface area contributed by atoms with E-state index in [9.17, 15) is 8.42 Å². The van der Waals surface area contributed by atoms with Crippen molar-refractivity contribution in [2.75, 3.05) is 5.38 Å². The zero-order chi connectivity index (χ0) is 12.9. The second-order valence-corrected chi connectivity index (χ2v) is 6.98. The minimum absolute atomic E-state index is 0.0111. The van der Waals surface area contributed by atoms with Gasteiger partial charge in [-0.25, -0.2) is 8.42 Å². The Morgan fingerprint density at radius 2 is 1.79 bits per heavy atom. The van der Waals surface area contributed by atoms with Crippen LogP contribution in [-0.2, 0) is 9.84 Å². The van der Waals surface area contributed by atoms with Crippen molar-refractivity contribution in [3.8, 4) is 0 Å². The Hall–Kier alpha value is -0.733. The lowest BCUT2D eigenvalue weighted by Gasteiger charge is -2.09. The van der Waals surface area contributed by atoms with Crippen LogP contribution in [0.5, 0.6) is 0 Å². The predicted octanol–water partition coefficient (Wildman–Crippen LogP) is -1.08. The molecule has 1 rings (SSSR count). The second kappa shape index (κ2) is 3.79. The number of hydrogen-bond acceptors (Lipinski definition) is 5. The Morgan fingerprint density at radius 1 is 1.21 bits per heavy atom. The average molecular weight is 240 g/mol. The fourth-order valence-electron chi connectivity index (χ4n) is 0.944. The van der Waals surface area contributed by atoms with E-state index in [1.165, 1.54) is 24.3 Å². The fraction of sp³-hybridized carbons (Fsp3) is 0.143. The fourth-order valence-corrected chi connectivity index (χ4v) is 4.04. The molecule has 0 aliphatic rings. The Balaban J connectivity index is 3.01. The summed E-state index contributed by atoms with van der Waals surface area (Å²) in [6, 6.07) is 7.41. The van der Waals surface area contributed by atoms with Crippen LogP contribution < -0.4 is 0 Å². The lowest BCUT2D eigenvalue weighted by Crippen LogP contribution is -2.43. The summed E-state index contributed by atoms with van der Waals surface area (Å²) in [7, 11) is -7.95. The van der Waals surface area contributed by atoms with Crippen molar-refractivity contribution in [2.45, 2.75) is 4.90 Å². The van der Waals surface area contributed by atoms with E-state index in [0.717, 1.165) is 0 Å². The van der Waals surface area contributed by atoms with Gasteiger partial charge >= 0.3 is 8.80 Å². The van der Waals surface area contributed by atoms with Crippen LogP contribution in [0.2, 0.25) is 0 Å². The quantitative estimate of drug-likeness (QED) is 0.550. The molecule has 0 aliphatic heterocycles. The maximum atomic E-state index is 11.9. The lowest BCUT2D eigenvalue weighted by atomic mass is 10.4. The molecular formula is C7H10O5SSi. The van der Waals surface area contributed by atoms with Crippen LogP contribution in [-0.4, -0.2) is 41.3 Å². The average Bonchev–Trinajstić information content (AvgIpc) is 2.37. The van der Waals surface area contributed by atoms with E-state index in [0.29, 0.717) is 0 Å². The van der Waals surface area contributed by atoms with Gasteiger partial charge in [0, 0.05) is 0 Å². The Bertz CT molecular complexity index is 442. The highest BCUT2D eigenvalue weighted by atomic mass is 32.2. The highest BCUT2D eigenvalue weighted by Crippen LogP contribution is 2.11. The van der Waals surface area contributed by atoms with E-state index < -0.39 is 24.0 Å². The van der Waals surface area contributed by atoms with Gasteiger partial charge in [-0.1, -0.05) is 18.2 Å². The van der Waals surface area contributed by atoms with Crippen LogP contribution in [0.25, 0.3) is 0 Å². The van der Waals surface area contributed by atoms with Gasteiger partial charge in [-0.3, -0.25) is 0 Å². The summed E-state index contributed by atoms with van der Waals surface area (Å²) in [4.78, 5) is 11.9. The normalized spacial score (nSPS) is 15.6. The molecule has 0 amide bonds. The summed E-state index contributed by atoms with van der Waals surface area (Å²) in [5.41, 5.74) is 0. The molecule has 0 aliphatic carbocycles. The zero-order valence-electron chi connectivity index (χ0n) is 10.0. The first kappa shape index (κ1) is 7.54.